The maximum Gasteiger partial charge on any atom is 0.286 e. The van der Waals surface area contributed by atoms with E-state index < -0.39 is 41.8 Å². The van der Waals surface area contributed by atoms with Gasteiger partial charge in [-0.1, -0.05) is 11.2 Å². The molecule has 0 bridgehead atoms. The van der Waals surface area contributed by atoms with E-state index in [1.165, 1.54) is 11.8 Å². The van der Waals surface area contributed by atoms with Crippen molar-refractivity contribution < 1.29 is 33.3 Å². The molecule has 0 spiro atoms. The van der Waals surface area contributed by atoms with Crippen LogP contribution in [0, 0.1) is 0 Å². The molecular weight excluding hydrogens is 515 g/mol. The van der Waals surface area contributed by atoms with Gasteiger partial charge in [-0.2, -0.15) is 9.36 Å². The Bertz CT molecular complexity index is 1440. The number of fused-ring (bicyclic) bond motifs is 2. The number of amides is 2. The molecule has 3 aromatic rings. The van der Waals surface area contributed by atoms with Crippen LogP contribution in [-0.2, 0) is 25.8 Å². The first-order valence-electron chi connectivity index (χ1n) is 10.4. The minimum Gasteiger partial charge on any atom is -0.543 e. The van der Waals surface area contributed by atoms with E-state index in [0.29, 0.717) is 5.57 Å². The number of β-lactam (4-membered cyclic amide) rings is 1. The van der Waals surface area contributed by atoms with Crippen molar-refractivity contribution in [3.05, 3.63) is 53.9 Å². The summed E-state index contributed by atoms with van der Waals surface area (Å²) in [5.74, 6) is -2.94. The van der Waals surface area contributed by atoms with Gasteiger partial charge in [0.05, 0.1) is 17.9 Å². The Morgan fingerprint density at radius 2 is 2.22 bits per heavy atom. The minimum atomic E-state index is -1.49. The fourth-order valence-electron chi connectivity index (χ4n) is 3.99. The topological polar surface area (TPSA) is 171 Å². The molecule has 2 aliphatic heterocycles. The molecule has 2 aliphatic rings. The van der Waals surface area contributed by atoms with Crippen molar-refractivity contribution in [1.82, 2.24) is 24.0 Å². The number of halogens is 1. The fourth-order valence-corrected chi connectivity index (χ4v) is 5.76. The van der Waals surface area contributed by atoms with Crippen LogP contribution in [0.25, 0.3) is 5.65 Å². The van der Waals surface area contributed by atoms with Gasteiger partial charge in [-0.05, 0) is 6.07 Å². The van der Waals surface area contributed by atoms with Gasteiger partial charge in [-0.15, -0.1) is 11.8 Å². The van der Waals surface area contributed by atoms with E-state index in [1.807, 2.05) is 45.8 Å². The zero-order valence-corrected chi connectivity index (χ0v) is 19.9. The predicted molar refractivity (Wildman–Crippen MR) is 123 cm³/mol. The molecule has 186 valence electrons. The van der Waals surface area contributed by atoms with Crippen molar-refractivity contribution >= 4 is 57.6 Å². The standard InChI is InChI=1S/C20H17FN8O5S2/c21-9-34-25-12(15-24-20(22)36-26-15)16(30)23-13-17(31)29-14(19(32)33)10(8-35-18(13)29)7-28-6-5-27-4-2-1-3-11(27)28/h1-6,13,18H,7-9H2,(H3-,22,23,24,26,30,32,33)/b25-12-/t13-,18-/m1/s1. The van der Waals surface area contributed by atoms with Gasteiger partial charge in [0.15, 0.2) is 5.13 Å². The average molecular weight is 533 g/mol. The Morgan fingerprint density at radius 1 is 1.39 bits per heavy atom. The molecule has 0 unspecified atom stereocenters. The molecule has 2 atom stereocenters. The largest absolute Gasteiger partial charge is 0.543 e. The highest BCUT2D eigenvalue weighted by Gasteiger charge is 2.53. The molecule has 3 N–H and O–H groups in total. The number of rotatable bonds is 8. The van der Waals surface area contributed by atoms with Crippen molar-refractivity contribution in [2.24, 2.45) is 5.16 Å². The monoisotopic (exact) mass is 532 g/mol. The number of oxime groups is 1. The zero-order valence-electron chi connectivity index (χ0n) is 18.2. The van der Waals surface area contributed by atoms with Crippen molar-refractivity contribution in [1.29, 1.82) is 0 Å². The molecule has 1 saturated heterocycles. The summed E-state index contributed by atoms with van der Waals surface area (Å²) in [7, 11) is 0. The number of aromatic nitrogens is 4. The number of anilines is 1. The van der Waals surface area contributed by atoms with E-state index in [1.54, 1.807) is 0 Å². The number of pyridine rings is 1. The summed E-state index contributed by atoms with van der Waals surface area (Å²) in [4.78, 5) is 47.1. The van der Waals surface area contributed by atoms with Gasteiger partial charge < -0.3 is 25.8 Å². The van der Waals surface area contributed by atoms with Gasteiger partial charge in [0, 0.05) is 28.9 Å². The molecule has 5 heterocycles. The van der Waals surface area contributed by atoms with Gasteiger partial charge >= 0.3 is 0 Å². The second kappa shape index (κ2) is 9.54. The Labute approximate surface area is 210 Å². The molecule has 16 heteroatoms. The summed E-state index contributed by atoms with van der Waals surface area (Å²) in [6.45, 7) is -1.07. The molecule has 0 aromatic carbocycles. The number of nitrogens with zero attached hydrogens (tertiary/aromatic N) is 6. The minimum absolute atomic E-state index is 0.0459. The number of carbonyl (C=O) groups excluding carboxylic acids is 3. The maximum atomic E-state index is 13.0. The molecule has 13 nitrogen and oxygen atoms in total. The van der Waals surface area contributed by atoms with Gasteiger partial charge in [0.1, 0.15) is 30.4 Å². The second-order valence-corrected chi connectivity index (χ2v) is 9.52. The van der Waals surface area contributed by atoms with Crippen molar-refractivity contribution in [3.8, 4) is 0 Å². The van der Waals surface area contributed by atoms with Crippen LogP contribution in [0.4, 0.5) is 9.52 Å². The average Bonchev–Trinajstić information content (AvgIpc) is 3.48. The molecule has 0 saturated carbocycles. The van der Waals surface area contributed by atoms with Gasteiger partial charge in [-0.3, -0.25) is 14.5 Å². The van der Waals surface area contributed by atoms with Crippen LogP contribution in [0.2, 0.25) is 0 Å². The van der Waals surface area contributed by atoms with Gasteiger partial charge in [0.25, 0.3) is 24.3 Å². The number of aliphatic carboxylic acids is 1. The molecule has 36 heavy (non-hydrogen) atoms. The third-order valence-corrected chi connectivity index (χ3v) is 7.41. The number of nitrogen functional groups attached to an aromatic ring is 1. The summed E-state index contributed by atoms with van der Waals surface area (Å²) in [6.07, 6.45) is 5.51. The number of alkyl halides is 1. The highest BCUT2D eigenvalue weighted by atomic mass is 32.2. The first kappa shape index (κ1) is 23.7. The molecule has 3 aromatic heterocycles. The molecule has 5 rings (SSSR count). The summed E-state index contributed by atoms with van der Waals surface area (Å²) in [6, 6.07) is 4.56. The second-order valence-electron chi connectivity index (χ2n) is 7.63. The summed E-state index contributed by atoms with van der Waals surface area (Å²) in [5, 5.41) is 17.3. The molecular formula is C20H17FN8O5S2. The molecule has 1 fully saturated rings. The Morgan fingerprint density at radius 3 is 2.94 bits per heavy atom. The molecule has 2 amide bonds. The van der Waals surface area contributed by atoms with Crippen molar-refractivity contribution in [2.45, 2.75) is 18.0 Å². The number of hydrogen-bond acceptors (Lipinski definition) is 11. The Balaban J connectivity index is 1.37. The number of carbonyl (C=O) groups is 3. The highest BCUT2D eigenvalue weighted by molar-refractivity contribution is 8.00. The van der Waals surface area contributed by atoms with E-state index in [0.717, 1.165) is 22.1 Å². The normalized spacial score (nSPS) is 19.8. The van der Waals surface area contributed by atoms with Crippen molar-refractivity contribution in [2.75, 3.05) is 18.3 Å². The van der Waals surface area contributed by atoms with Gasteiger partial charge in [-0.25, -0.2) is 13.4 Å². The molecule has 0 radical (unpaired) electrons. The van der Waals surface area contributed by atoms with Crippen LogP contribution in [0.3, 0.4) is 0 Å². The van der Waals surface area contributed by atoms with Crippen LogP contribution in [0.5, 0.6) is 0 Å². The maximum absolute atomic E-state index is 13.0. The van der Waals surface area contributed by atoms with Crippen LogP contribution in [0.1, 0.15) is 5.82 Å². The number of carboxylic acid groups (broad SMARTS) is 1. The lowest BCUT2D eigenvalue weighted by molar-refractivity contribution is -0.662. The summed E-state index contributed by atoms with van der Waals surface area (Å²) >= 11 is 2.09. The van der Waals surface area contributed by atoms with Crippen LogP contribution >= 0.6 is 23.3 Å². The SMILES string of the molecule is Nc1nc(/C(=N/OCF)C(=O)N[C@@H]2C(=O)N3C(C(=O)[O-])=C(C[n+]4ccn5ccccc54)CS[C@H]23)ns1. The fraction of sp³-hybridized carbons (Fsp3) is 0.250. The Hall–Kier alpha value is -4.05. The van der Waals surface area contributed by atoms with E-state index in [9.17, 15) is 23.9 Å². The lowest BCUT2D eigenvalue weighted by Gasteiger charge is -2.50. The number of nitrogens with two attached hydrogens (primary N) is 1. The summed E-state index contributed by atoms with van der Waals surface area (Å²) in [5.41, 5.74) is 6.18. The first-order valence-corrected chi connectivity index (χ1v) is 12.2. The van der Waals surface area contributed by atoms with Crippen LogP contribution < -0.4 is 20.7 Å². The van der Waals surface area contributed by atoms with Crippen LogP contribution in [0.15, 0.2) is 53.2 Å². The quantitative estimate of drug-likeness (QED) is 0.150. The smallest absolute Gasteiger partial charge is 0.286 e. The van der Waals surface area contributed by atoms with Gasteiger partial charge in [0.2, 0.25) is 11.5 Å². The lowest BCUT2D eigenvalue weighted by atomic mass is 10.0. The van der Waals surface area contributed by atoms with E-state index in [2.05, 4.69) is 24.7 Å². The summed E-state index contributed by atoms with van der Waals surface area (Å²) < 4.78 is 20.1. The van der Waals surface area contributed by atoms with Crippen molar-refractivity contribution in [3.63, 3.8) is 0 Å². The predicted octanol–water partition coefficient (Wildman–Crippen LogP) is -1.59. The number of hydrogen-bond donors (Lipinski definition) is 2. The third kappa shape index (κ3) is 4.13. The van der Waals surface area contributed by atoms with E-state index >= 15 is 0 Å². The third-order valence-electron chi connectivity index (χ3n) is 5.53. The Kier molecular flexibility index (Phi) is 6.27. The van der Waals surface area contributed by atoms with Crippen LogP contribution in [-0.4, -0.2) is 66.2 Å². The number of nitrogens with one attached hydrogen (secondary N) is 1. The number of thioether (sulfide) groups is 1. The van der Waals surface area contributed by atoms with E-state index in [-0.39, 0.29) is 29.0 Å². The highest BCUT2D eigenvalue weighted by Crippen LogP contribution is 2.40. The first-order chi connectivity index (χ1) is 17.4. The number of carboxylic acids is 1. The lowest BCUT2D eigenvalue weighted by Crippen LogP contribution is -2.71. The zero-order chi connectivity index (χ0) is 25.4. The number of imidazole rings is 1. The van der Waals surface area contributed by atoms with E-state index in [4.69, 9.17) is 5.73 Å². The molecule has 0 aliphatic carbocycles.